The summed E-state index contributed by atoms with van der Waals surface area (Å²) in [5.74, 6) is -2.38. The van der Waals surface area contributed by atoms with Crippen molar-refractivity contribution in [3.63, 3.8) is 0 Å². The molecular formula is C54H50F2N8O5. The molecule has 15 heteroatoms. The first-order chi connectivity index (χ1) is 33.3. The molecule has 5 aromatic carbocycles. The zero-order chi connectivity index (χ0) is 48.5. The molecule has 3 N–H and O–H groups in total. The second-order valence-corrected chi connectivity index (χ2v) is 17.2. The molecule has 0 saturated heterocycles. The number of benzene rings is 5. The normalized spacial score (nSPS) is 11.7. The van der Waals surface area contributed by atoms with Gasteiger partial charge in [0.05, 0.1) is 35.3 Å². The lowest BCUT2D eigenvalue weighted by atomic mass is 10.0. The van der Waals surface area contributed by atoms with Crippen molar-refractivity contribution in [1.29, 1.82) is 0 Å². The van der Waals surface area contributed by atoms with Gasteiger partial charge in [-0.3, -0.25) is 0 Å². The number of ether oxygens (including phenoxy) is 2. The van der Waals surface area contributed by atoms with Gasteiger partial charge in [-0.1, -0.05) is 121 Å². The molecule has 0 radical (unpaired) electrons. The van der Waals surface area contributed by atoms with E-state index in [2.05, 4.69) is 20.7 Å². The van der Waals surface area contributed by atoms with Crippen LogP contribution in [0.1, 0.15) is 65.9 Å². The third-order valence-corrected chi connectivity index (χ3v) is 10.8. The van der Waals surface area contributed by atoms with Crippen molar-refractivity contribution in [2.75, 3.05) is 16.8 Å². The van der Waals surface area contributed by atoms with Crippen LogP contribution in [0.4, 0.5) is 30.9 Å². The maximum atomic E-state index is 17.5. The van der Waals surface area contributed by atoms with Crippen molar-refractivity contribution in [2.45, 2.75) is 59.0 Å². The number of anilines is 2. The summed E-state index contributed by atoms with van der Waals surface area (Å²) in [7, 11) is 0. The van der Waals surface area contributed by atoms with Gasteiger partial charge < -0.3 is 30.1 Å². The van der Waals surface area contributed by atoms with E-state index in [-0.39, 0.29) is 65.8 Å². The highest BCUT2D eigenvalue weighted by molar-refractivity contribution is 6.14. The first-order valence-corrected chi connectivity index (χ1v) is 22.3. The Bertz CT molecular complexity index is 3010. The van der Waals surface area contributed by atoms with Crippen LogP contribution in [0.5, 0.6) is 5.88 Å². The monoisotopic (exact) mass is 928 g/mol. The smallest absolute Gasteiger partial charge is 0.407 e. The molecule has 0 aliphatic rings. The number of alkyl carbamates (subject to hydrolysis) is 1. The number of aromatic nitrogens is 4. The summed E-state index contributed by atoms with van der Waals surface area (Å²) in [4.78, 5) is 41.3. The third-order valence-electron chi connectivity index (χ3n) is 10.8. The SMILES string of the molecule is CC(CNC(=O)OC(C)(C)C)Oc1nccc(F)c1CNc1nc2c(C(=O)O)cnn2c(N(Cc2ccccc2)Cc2ccccc2)c1-c1ccc(N=C(c2ccccc2)c2ccccc2)cc1F. The number of fused-ring (bicyclic) bond motifs is 1. The molecule has 1 atom stereocenters. The van der Waals surface area contributed by atoms with Gasteiger partial charge in [-0.05, 0) is 57.0 Å². The molecule has 0 saturated carbocycles. The van der Waals surface area contributed by atoms with Gasteiger partial charge in [0, 0.05) is 48.6 Å². The molecule has 0 fully saturated rings. The van der Waals surface area contributed by atoms with Crippen molar-refractivity contribution in [3.8, 4) is 17.0 Å². The van der Waals surface area contributed by atoms with Crippen LogP contribution < -0.4 is 20.3 Å². The topological polar surface area (TPSA) is 156 Å². The molecule has 13 nitrogen and oxygen atoms in total. The van der Waals surface area contributed by atoms with Gasteiger partial charge in [0.2, 0.25) is 5.88 Å². The highest BCUT2D eigenvalue weighted by Gasteiger charge is 2.29. The van der Waals surface area contributed by atoms with Crippen LogP contribution in [-0.2, 0) is 24.4 Å². The first-order valence-electron chi connectivity index (χ1n) is 22.3. The number of carbonyl (C=O) groups is 2. The molecule has 0 bridgehead atoms. The minimum Gasteiger partial charge on any atom is -0.477 e. The summed E-state index contributed by atoms with van der Waals surface area (Å²) < 4.78 is 46.3. The fourth-order valence-electron chi connectivity index (χ4n) is 7.66. The largest absolute Gasteiger partial charge is 0.477 e. The Labute approximate surface area is 398 Å². The average Bonchev–Trinajstić information content (AvgIpc) is 3.77. The minimum absolute atomic E-state index is 0.00676. The number of carbonyl (C=O) groups excluding carboxylic acids is 1. The highest BCUT2D eigenvalue weighted by Crippen LogP contribution is 2.42. The minimum atomic E-state index is -1.29. The Balaban J connectivity index is 1.28. The van der Waals surface area contributed by atoms with Crippen molar-refractivity contribution in [1.82, 2.24) is 24.9 Å². The number of aromatic carboxylic acids is 1. The third kappa shape index (κ3) is 11.6. The predicted octanol–water partition coefficient (Wildman–Crippen LogP) is 11.0. The molecular weight excluding hydrogens is 879 g/mol. The van der Waals surface area contributed by atoms with Crippen LogP contribution in [-0.4, -0.2) is 60.7 Å². The second kappa shape index (κ2) is 21.0. The number of hydrogen-bond acceptors (Lipinski definition) is 10. The van der Waals surface area contributed by atoms with Crippen LogP contribution >= 0.6 is 0 Å². The number of aliphatic imine (C=N–C) groups is 1. The van der Waals surface area contributed by atoms with Crippen molar-refractivity contribution >= 4 is 40.7 Å². The maximum absolute atomic E-state index is 17.5. The molecule has 8 aromatic rings. The first kappa shape index (κ1) is 47.0. The highest BCUT2D eigenvalue weighted by atomic mass is 19.1. The lowest BCUT2D eigenvalue weighted by Gasteiger charge is -2.29. The van der Waals surface area contributed by atoms with Crippen molar-refractivity contribution in [3.05, 3.63) is 203 Å². The van der Waals surface area contributed by atoms with E-state index in [4.69, 9.17) is 19.5 Å². The second-order valence-electron chi connectivity index (χ2n) is 17.2. The fourth-order valence-corrected chi connectivity index (χ4v) is 7.66. The maximum Gasteiger partial charge on any atom is 0.407 e. The standard InChI is InChI=1S/C54H50F2N8O5/c1-35(30-59-53(67)69-54(2,3)4)68-50-42(44(55)27-28-57-50)31-58-48-46(41-26-25-40(29-45(41)56)61-47(38-21-13-7-14-22-38)39-23-15-8-16-24-39)51(64-49(62-48)43(32-60-64)52(65)66)63(33-36-17-9-5-10-18-36)34-37-19-11-6-12-20-37/h5-29,32,35H,30-31,33-34H2,1-4H3,(H,58,62)(H,59,67)(H,65,66). The zero-order valence-electron chi connectivity index (χ0n) is 38.4. The van der Waals surface area contributed by atoms with Gasteiger partial charge in [-0.15, -0.1) is 0 Å². The van der Waals surface area contributed by atoms with Crippen LogP contribution in [0.3, 0.4) is 0 Å². The zero-order valence-corrected chi connectivity index (χ0v) is 38.4. The van der Waals surface area contributed by atoms with Gasteiger partial charge in [0.25, 0.3) is 0 Å². The molecule has 3 heterocycles. The number of carboxylic acid groups (broad SMARTS) is 1. The van der Waals surface area contributed by atoms with E-state index in [1.807, 2.05) is 126 Å². The molecule has 8 rings (SSSR count). The number of nitrogens with one attached hydrogen (secondary N) is 2. The van der Waals surface area contributed by atoms with E-state index in [0.29, 0.717) is 17.2 Å². The summed E-state index contributed by atoms with van der Waals surface area (Å²) in [5.41, 5.74) is 3.73. The fraction of sp³-hybridized carbons (Fsp3) is 0.185. The Morgan fingerprint density at radius 3 is 1.97 bits per heavy atom. The molecule has 3 aromatic heterocycles. The van der Waals surface area contributed by atoms with Crippen LogP contribution in [0.15, 0.2) is 163 Å². The van der Waals surface area contributed by atoms with Gasteiger partial charge in [0.1, 0.15) is 40.5 Å². The predicted molar refractivity (Wildman–Crippen MR) is 262 cm³/mol. The molecule has 1 unspecified atom stereocenters. The van der Waals surface area contributed by atoms with Crippen LogP contribution in [0.2, 0.25) is 0 Å². The van der Waals surface area contributed by atoms with E-state index in [1.54, 1.807) is 39.8 Å². The molecule has 0 aliphatic heterocycles. The Hall–Kier alpha value is -8.46. The molecule has 0 aliphatic carbocycles. The number of hydrogen-bond donors (Lipinski definition) is 3. The van der Waals surface area contributed by atoms with Gasteiger partial charge >= 0.3 is 12.1 Å². The summed E-state index contributed by atoms with van der Waals surface area (Å²) in [6, 6.07) is 44.4. The van der Waals surface area contributed by atoms with E-state index in [9.17, 15) is 14.7 Å². The summed E-state index contributed by atoms with van der Waals surface area (Å²) in [5, 5.41) is 20.9. The summed E-state index contributed by atoms with van der Waals surface area (Å²) in [6.07, 6.45) is 1.13. The van der Waals surface area contributed by atoms with Crippen molar-refractivity contribution < 1.29 is 33.0 Å². The number of halogens is 2. The summed E-state index contributed by atoms with van der Waals surface area (Å²) in [6.45, 7) is 7.18. The number of pyridine rings is 1. The quantitative estimate of drug-likeness (QED) is 0.0751. The van der Waals surface area contributed by atoms with E-state index < -0.39 is 35.4 Å². The summed E-state index contributed by atoms with van der Waals surface area (Å²) >= 11 is 0. The number of amides is 1. The van der Waals surface area contributed by atoms with Crippen LogP contribution in [0.25, 0.3) is 16.8 Å². The molecule has 69 heavy (non-hydrogen) atoms. The number of rotatable bonds is 17. The molecule has 350 valence electrons. The van der Waals surface area contributed by atoms with E-state index in [0.717, 1.165) is 22.3 Å². The van der Waals surface area contributed by atoms with Crippen LogP contribution in [0, 0.1) is 11.6 Å². The Morgan fingerprint density at radius 2 is 1.41 bits per heavy atom. The van der Waals surface area contributed by atoms with E-state index >= 15 is 8.78 Å². The van der Waals surface area contributed by atoms with E-state index in [1.165, 1.54) is 29.0 Å². The Kier molecular flexibility index (Phi) is 14.3. The molecule has 1 amide bonds. The lowest BCUT2D eigenvalue weighted by Crippen LogP contribution is -2.37. The lowest BCUT2D eigenvalue weighted by molar-refractivity contribution is 0.0503. The van der Waals surface area contributed by atoms with Gasteiger partial charge in [0.15, 0.2) is 5.65 Å². The number of carboxylic acids is 1. The Morgan fingerprint density at radius 1 is 0.812 bits per heavy atom. The molecule has 0 spiro atoms. The van der Waals surface area contributed by atoms with Gasteiger partial charge in [-0.2, -0.15) is 9.61 Å². The van der Waals surface area contributed by atoms with Crippen molar-refractivity contribution in [2.24, 2.45) is 4.99 Å². The average molecular weight is 929 g/mol. The van der Waals surface area contributed by atoms with Gasteiger partial charge in [-0.25, -0.2) is 33.3 Å². The number of nitrogens with zero attached hydrogens (tertiary/aromatic N) is 6.